The predicted molar refractivity (Wildman–Crippen MR) is 72.4 cm³/mol. The number of hydrogen-bond acceptors (Lipinski definition) is 3. The minimum Gasteiger partial charge on any atom is -0.481 e. The quantitative estimate of drug-likeness (QED) is 0.604. The number of carboxylic acids is 1. The van der Waals surface area contributed by atoms with Gasteiger partial charge < -0.3 is 5.11 Å². The largest absolute Gasteiger partial charge is 0.481 e. The molecule has 0 aromatic heterocycles. The number of nitro benzene ring substituents is 1. The highest BCUT2D eigenvalue weighted by Crippen LogP contribution is 2.31. The van der Waals surface area contributed by atoms with Crippen LogP contribution in [-0.4, -0.2) is 16.0 Å². The number of unbranched alkanes of at least 4 members (excludes halogenated alkanes) is 1. The maximum absolute atomic E-state index is 11.3. The highest BCUT2D eigenvalue weighted by atomic mass is 16.6. The van der Waals surface area contributed by atoms with Crippen LogP contribution in [0.5, 0.6) is 0 Å². The molecular weight excluding hydrogens is 246 g/mol. The average molecular weight is 265 g/mol. The second-order valence-corrected chi connectivity index (χ2v) is 4.50. The topological polar surface area (TPSA) is 80.4 Å². The van der Waals surface area contributed by atoms with Crippen LogP contribution in [0.1, 0.15) is 50.2 Å². The molecule has 104 valence electrons. The summed E-state index contributed by atoms with van der Waals surface area (Å²) < 4.78 is 0. The fourth-order valence-electron chi connectivity index (χ4n) is 2.24. The number of benzene rings is 1. The summed E-state index contributed by atoms with van der Waals surface area (Å²) in [5.74, 6) is -1.60. The van der Waals surface area contributed by atoms with Crippen molar-refractivity contribution in [1.29, 1.82) is 0 Å². The molecule has 1 aromatic rings. The van der Waals surface area contributed by atoms with Gasteiger partial charge in [-0.05, 0) is 24.8 Å². The summed E-state index contributed by atoms with van der Waals surface area (Å²) in [5, 5.41) is 20.3. The molecule has 1 N–H and O–H groups in total. The molecule has 0 spiro atoms. The Morgan fingerprint density at radius 2 is 2.11 bits per heavy atom. The molecule has 0 aliphatic rings. The highest BCUT2D eigenvalue weighted by molar-refractivity contribution is 5.77. The van der Waals surface area contributed by atoms with Crippen molar-refractivity contribution < 1.29 is 14.8 Å². The Hall–Kier alpha value is -1.91. The summed E-state index contributed by atoms with van der Waals surface area (Å²) >= 11 is 0. The maximum Gasteiger partial charge on any atom is 0.310 e. The van der Waals surface area contributed by atoms with Gasteiger partial charge in [0.25, 0.3) is 5.69 Å². The standard InChI is InChI=1S/C14H19NO4/c1-3-5-7-12-11(10(4-2)14(16)17)8-6-9-13(12)15(18)19/h6,8-10H,3-5,7H2,1-2H3,(H,16,17). The third kappa shape index (κ3) is 3.53. The fourth-order valence-corrected chi connectivity index (χ4v) is 2.24. The molecule has 5 heteroatoms. The van der Waals surface area contributed by atoms with Crippen molar-refractivity contribution >= 4 is 11.7 Å². The molecule has 0 heterocycles. The molecule has 1 rings (SSSR count). The zero-order chi connectivity index (χ0) is 14.4. The van der Waals surface area contributed by atoms with Crippen molar-refractivity contribution in [3.05, 3.63) is 39.4 Å². The molecular formula is C14H19NO4. The van der Waals surface area contributed by atoms with Gasteiger partial charge in [0.1, 0.15) is 0 Å². The summed E-state index contributed by atoms with van der Waals surface area (Å²) in [6.07, 6.45) is 2.70. The molecule has 1 aromatic carbocycles. The van der Waals surface area contributed by atoms with E-state index in [1.807, 2.05) is 6.92 Å². The third-order valence-corrected chi connectivity index (χ3v) is 3.25. The molecule has 1 atom stereocenters. The zero-order valence-corrected chi connectivity index (χ0v) is 11.3. The summed E-state index contributed by atoms with van der Waals surface area (Å²) in [7, 11) is 0. The summed E-state index contributed by atoms with van der Waals surface area (Å²) in [5.41, 5.74) is 1.19. The SMILES string of the molecule is CCCCc1c(C(CC)C(=O)O)cccc1[N+](=O)[O-]. The fraction of sp³-hybridized carbons (Fsp3) is 0.500. The van der Waals surface area contributed by atoms with Gasteiger partial charge in [-0.2, -0.15) is 0 Å². The lowest BCUT2D eigenvalue weighted by Gasteiger charge is -2.15. The highest BCUT2D eigenvalue weighted by Gasteiger charge is 2.25. The Bertz CT molecular complexity index is 471. The molecule has 5 nitrogen and oxygen atoms in total. The van der Waals surface area contributed by atoms with E-state index in [1.54, 1.807) is 19.1 Å². The van der Waals surface area contributed by atoms with Crippen LogP contribution < -0.4 is 0 Å². The first-order chi connectivity index (χ1) is 9.02. The van der Waals surface area contributed by atoms with Gasteiger partial charge in [-0.3, -0.25) is 14.9 Å². The Balaban J connectivity index is 3.32. The maximum atomic E-state index is 11.3. The van der Waals surface area contributed by atoms with E-state index in [9.17, 15) is 20.0 Å². The first-order valence-electron chi connectivity index (χ1n) is 6.51. The molecule has 0 bridgehead atoms. The van der Waals surface area contributed by atoms with Crippen molar-refractivity contribution in [2.45, 2.75) is 45.4 Å². The van der Waals surface area contributed by atoms with E-state index in [-0.39, 0.29) is 5.69 Å². The number of nitro groups is 1. The van der Waals surface area contributed by atoms with Crippen LogP contribution in [0.4, 0.5) is 5.69 Å². The minimum absolute atomic E-state index is 0.0330. The number of hydrogen-bond donors (Lipinski definition) is 1. The number of carbonyl (C=O) groups is 1. The van der Waals surface area contributed by atoms with Gasteiger partial charge in [0.05, 0.1) is 10.8 Å². The average Bonchev–Trinajstić information content (AvgIpc) is 2.37. The number of carboxylic acid groups (broad SMARTS) is 1. The molecule has 0 amide bonds. The predicted octanol–water partition coefficient (Wildman–Crippen LogP) is 3.52. The first kappa shape index (κ1) is 15.1. The van der Waals surface area contributed by atoms with Gasteiger partial charge in [-0.15, -0.1) is 0 Å². The zero-order valence-electron chi connectivity index (χ0n) is 11.3. The van der Waals surface area contributed by atoms with Crippen molar-refractivity contribution in [2.24, 2.45) is 0 Å². The second kappa shape index (κ2) is 6.87. The molecule has 0 saturated heterocycles. The Morgan fingerprint density at radius 1 is 1.42 bits per heavy atom. The van der Waals surface area contributed by atoms with E-state index in [1.165, 1.54) is 6.07 Å². The minimum atomic E-state index is -0.930. The lowest BCUT2D eigenvalue weighted by Crippen LogP contribution is -2.14. The Morgan fingerprint density at radius 3 is 2.58 bits per heavy atom. The van der Waals surface area contributed by atoms with Crippen LogP contribution >= 0.6 is 0 Å². The number of rotatable bonds is 7. The summed E-state index contributed by atoms with van der Waals surface area (Å²) in [4.78, 5) is 21.9. The van der Waals surface area contributed by atoms with Gasteiger partial charge in [-0.25, -0.2) is 0 Å². The summed E-state index contributed by atoms with van der Waals surface area (Å²) in [6.45, 7) is 3.78. The van der Waals surface area contributed by atoms with Gasteiger partial charge in [0.15, 0.2) is 0 Å². The van der Waals surface area contributed by atoms with Gasteiger partial charge >= 0.3 is 5.97 Å². The van der Waals surface area contributed by atoms with E-state index in [4.69, 9.17) is 0 Å². The van der Waals surface area contributed by atoms with E-state index < -0.39 is 16.8 Å². The molecule has 0 saturated carbocycles. The third-order valence-electron chi connectivity index (χ3n) is 3.25. The molecule has 0 fully saturated rings. The Kier molecular flexibility index (Phi) is 5.48. The monoisotopic (exact) mass is 265 g/mol. The van der Waals surface area contributed by atoms with Gasteiger partial charge in [0, 0.05) is 11.6 Å². The van der Waals surface area contributed by atoms with Crippen LogP contribution in [-0.2, 0) is 11.2 Å². The van der Waals surface area contributed by atoms with Crippen molar-refractivity contribution in [3.63, 3.8) is 0 Å². The van der Waals surface area contributed by atoms with Crippen LogP contribution in [0.25, 0.3) is 0 Å². The van der Waals surface area contributed by atoms with E-state index >= 15 is 0 Å². The lowest BCUT2D eigenvalue weighted by atomic mass is 9.89. The smallest absolute Gasteiger partial charge is 0.310 e. The lowest BCUT2D eigenvalue weighted by molar-refractivity contribution is -0.385. The van der Waals surface area contributed by atoms with Crippen molar-refractivity contribution in [2.75, 3.05) is 0 Å². The van der Waals surface area contributed by atoms with Gasteiger partial charge in [-0.1, -0.05) is 32.4 Å². The van der Waals surface area contributed by atoms with Crippen molar-refractivity contribution in [3.8, 4) is 0 Å². The normalized spacial score (nSPS) is 12.1. The molecule has 1 unspecified atom stereocenters. The molecule has 0 radical (unpaired) electrons. The van der Waals surface area contributed by atoms with Crippen molar-refractivity contribution in [1.82, 2.24) is 0 Å². The number of nitrogens with zero attached hydrogens (tertiary/aromatic N) is 1. The van der Waals surface area contributed by atoms with Crippen LogP contribution in [0, 0.1) is 10.1 Å². The molecule has 0 aliphatic heterocycles. The van der Waals surface area contributed by atoms with E-state index in [0.717, 1.165) is 12.8 Å². The van der Waals surface area contributed by atoms with Crippen LogP contribution in [0.3, 0.4) is 0 Å². The Labute approximate surface area is 112 Å². The van der Waals surface area contributed by atoms with E-state index in [2.05, 4.69) is 0 Å². The van der Waals surface area contributed by atoms with Gasteiger partial charge in [0.2, 0.25) is 0 Å². The number of aliphatic carboxylic acids is 1. The first-order valence-corrected chi connectivity index (χ1v) is 6.51. The molecule has 0 aliphatic carbocycles. The van der Waals surface area contributed by atoms with E-state index in [0.29, 0.717) is 24.0 Å². The summed E-state index contributed by atoms with van der Waals surface area (Å²) in [6, 6.07) is 4.71. The second-order valence-electron chi connectivity index (χ2n) is 4.50. The molecule has 19 heavy (non-hydrogen) atoms. The van der Waals surface area contributed by atoms with Crippen LogP contribution in [0.15, 0.2) is 18.2 Å². The van der Waals surface area contributed by atoms with Crippen LogP contribution in [0.2, 0.25) is 0 Å².